The number of hydrogen-bond acceptors (Lipinski definition) is 9. The van der Waals surface area contributed by atoms with Gasteiger partial charge < -0.3 is 14.0 Å². The number of ether oxygens (including phenoxy) is 2. The van der Waals surface area contributed by atoms with E-state index in [0.29, 0.717) is 30.2 Å². The molecular weight excluding hydrogens is 502 g/mol. The van der Waals surface area contributed by atoms with Crippen LogP contribution in [0.1, 0.15) is 5.56 Å². The van der Waals surface area contributed by atoms with Crippen molar-refractivity contribution in [2.45, 2.75) is 11.7 Å². The lowest BCUT2D eigenvalue weighted by molar-refractivity contribution is -0.112. The third-order valence-corrected chi connectivity index (χ3v) is 6.69. The standard InChI is InChI=1S/C24H21N5O5S2/c1-33-20-9-5-6-10-21(20)34-12-11-29-15-17(18-7-3-4-8-19(18)29)13-16(14-25)22(30)26-23-27-24(28-35-23)36(2,31)32/h3-10,13,15H,11-12H2,1-2H3,(H,26,27,28,30). The third kappa shape index (κ3) is 5.54. The minimum atomic E-state index is -3.61. The number of benzene rings is 2. The van der Waals surface area contributed by atoms with Gasteiger partial charge in [-0.15, -0.1) is 0 Å². The van der Waals surface area contributed by atoms with Gasteiger partial charge in [0.2, 0.25) is 15.0 Å². The Morgan fingerprint density at radius 1 is 1.19 bits per heavy atom. The first-order valence-electron chi connectivity index (χ1n) is 10.6. The summed E-state index contributed by atoms with van der Waals surface area (Å²) >= 11 is 0.720. The molecule has 0 bridgehead atoms. The number of aromatic nitrogens is 3. The van der Waals surface area contributed by atoms with E-state index in [4.69, 9.17) is 9.47 Å². The second-order valence-corrected chi connectivity index (χ2v) is 10.2. The number of rotatable bonds is 9. The Kier molecular flexibility index (Phi) is 7.33. The van der Waals surface area contributed by atoms with Gasteiger partial charge in [-0.05, 0) is 24.3 Å². The van der Waals surface area contributed by atoms with Gasteiger partial charge in [-0.1, -0.05) is 30.3 Å². The van der Waals surface area contributed by atoms with Crippen LogP contribution in [-0.2, 0) is 21.2 Å². The molecule has 0 atom stereocenters. The van der Waals surface area contributed by atoms with Crippen molar-refractivity contribution >= 4 is 49.4 Å². The normalized spacial score (nSPS) is 11.8. The smallest absolute Gasteiger partial charge is 0.268 e. The van der Waals surface area contributed by atoms with Crippen molar-refractivity contribution in [3.05, 3.63) is 65.9 Å². The first kappa shape index (κ1) is 24.9. The number of para-hydroxylation sites is 3. The lowest BCUT2D eigenvalue weighted by Gasteiger charge is -2.11. The molecule has 0 spiro atoms. The van der Waals surface area contributed by atoms with E-state index in [1.807, 2.05) is 65.4 Å². The number of anilines is 1. The molecule has 1 N–H and O–H groups in total. The molecule has 0 fully saturated rings. The highest BCUT2D eigenvalue weighted by Crippen LogP contribution is 2.27. The van der Waals surface area contributed by atoms with Gasteiger partial charge in [0.25, 0.3) is 11.1 Å². The summed E-state index contributed by atoms with van der Waals surface area (Å²) in [5.41, 5.74) is 1.41. The second-order valence-electron chi connectivity index (χ2n) is 7.57. The quantitative estimate of drug-likeness (QED) is 0.260. The van der Waals surface area contributed by atoms with Gasteiger partial charge in [-0.3, -0.25) is 10.1 Å². The summed E-state index contributed by atoms with van der Waals surface area (Å²) in [4.78, 5) is 16.5. The van der Waals surface area contributed by atoms with Crippen molar-refractivity contribution in [3.8, 4) is 17.6 Å². The molecule has 36 heavy (non-hydrogen) atoms. The molecule has 0 unspecified atom stereocenters. The van der Waals surface area contributed by atoms with E-state index < -0.39 is 15.7 Å². The minimum absolute atomic E-state index is 0.0162. The lowest BCUT2D eigenvalue weighted by Crippen LogP contribution is -2.13. The fourth-order valence-corrected chi connectivity index (χ4v) is 4.89. The highest BCUT2D eigenvalue weighted by atomic mass is 32.2. The van der Waals surface area contributed by atoms with Crippen LogP contribution in [0.4, 0.5) is 5.13 Å². The van der Waals surface area contributed by atoms with Crippen LogP contribution in [0.5, 0.6) is 11.5 Å². The van der Waals surface area contributed by atoms with Crippen molar-refractivity contribution < 1.29 is 22.7 Å². The molecule has 184 valence electrons. The highest BCUT2D eigenvalue weighted by Gasteiger charge is 2.18. The number of nitrogens with zero attached hydrogens (tertiary/aromatic N) is 4. The van der Waals surface area contributed by atoms with Crippen molar-refractivity contribution in [2.24, 2.45) is 0 Å². The Morgan fingerprint density at radius 3 is 2.61 bits per heavy atom. The van der Waals surface area contributed by atoms with Gasteiger partial charge in [-0.2, -0.15) is 14.6 Å². The van der Waals surface area contributed by atoms with Gasteiger partial charge in [0.1, 0.15) is 18.2 Å². The van der Waals surface area contributed by atoms with Gasteiger partial charge in [-0.25, -0.2) is 8.42 Å². The summed E-state index contributed by atoms with van der Waals surface area (Å²) in [5, 5.41) is 12.5. The summed E-state index contributed by atoms with van der Waals surface area (Å²) in [6.07, 6.45) is 4.29. The van der Waals surface area contributed by atoms with Crippen LogP contribution >= 0.6 is 11.5 Å². The second kappa shape index (κ2) is 10.6. The Morgan fingerprint density at radius 2 is 1.92 bits per heavy atom. The number of fused-ring (bicyclic) bond motifs is 1. The molecule has 0 saturated carbocycles. The summed E-state index contributed by atoms with van der Waals surface area (Å²) in [6.45, 7) is 0.882. The van der Waals surface area contributed by atoms with Gasteiger partial charge >= 0.3 is 0 Å². The summed E-state index contributed by atoms with van der Waals surface area (Å²) < 4.78 is 40.0. The molecule has 0 radical (unpaired) electrons. The average Bonchev–Trinajstić information content (AvgIpc) is 3.48. The predicted octanol–water partition coefficient (Wildman–Crippen LogP) is 3.53. The van der Waals surface area contributed by atoms with E-state index in [0.717, 1.165) is 28.7 Å². The molecule has 0 aliphatic heterocycles. The van der Waals surface area contributed by atoms with E-state index in [1.165, 1.54) is 6.08 Å². The molecule has 12 heteroatoms. The van der Waals surface area contributed by atoms with E-state index in [9.17, 15) is 18.5 Å². The number of nitriles is 1. The van der Waals surface area contributed by atoms with E-state index in [2.05, 4.69) is 14.7 Å². The fourth-order valence-electron chi connectivity index (χ4n) is 3.45. The van der Waals surface area contributed by atoms with Crippen LogP contribution < -0.4 is 14.8 Å². The van der Waals surface area contributed by atoms with Crippen LogP contribution in [0.2, 0.25) is 0 Å². The molecule has 4 rings (SSSR count). The minimum Gasteiger partial charge on any atom is -0.493 e. The van der Waals surface area contributed by atoms with E-state index in [1.54, 1.807) is 7.11 Å². The Labute approximate surface area is 211 Å². The molecule has 2 aromatic carbocycles. The van der Waals surface area contributed by atoms with Crippen LogP contribution in [0.3, 0.4) is 0 Å². The predicted molar refractivity (Wildman–Crippen MR) is 136 cm³/mol. The molecule has 0 aliphatic rings. The molecular formula is C24H21N5O5S2. The molecule has 0 aliphatic carbocycles. The number of amides is 1. The van der Waals surface area contributed by atoms with Gasteiger partial charge in [0, 0.05) is 40.5 Å². The molecule has 0 saturated heterocycles. The maximum absolute atomic E-state index is 12.7. The van der Waals surface area contributed by atoms with Crippen LogP contribution in [0.25, 0.3) is 17.0 Å². The van der Waals surface area contributed by atoms with Crippen LogP contribution in [0.15, 0.2) is 65.5 Å². The summed E-state index contributed by atoms with van der Waals surface area (Å²) in [6, 6.07) is 16.9. The Bertz CT molecular complexity index is 1600. The molecule has 1 amide bonds. The zero-order valence-electron chi connectivity index (χ0n) is 19.3. The van der Waals surface area contributed by atoms with Crippen molar-refractivity contribution in [2.75, 3.05) is 25.3 Å². The maximum atomic E-state index is 12.7. The first-order valence-corrected chi connectivity index (χ1v) is 13.3. The Hall–Kier alpha value is -4.21. The highest BCUT2D eigenvalue weighted by molar-refractivity contribution is 7.90. The van der Waals surface area contributed by atoms with Gasteiger partial charge in [0.05, 0.1) is 13.7 Å². The van der Waals surface area contributed by atoms with Gasteiger partial charge in [0.15, 0.2) is 11.5 Å². The number of carbonyl (C=O) groups is 1. The maximum Gasteiger partial charge on any atom is 0.268 e. The van der Waals surface area contributed by atoms with E-state index >= 15 is 0 Å². The number of hydrogen-bond donors (Lipinski definition) is 1. The number of sulfone groups is 1. The monoisotopic (exact) mass is 523 g/mol. The molecule has 4 aromatic rings. The lowest BCUT2D eigenvalue weighted by atomic mass is 10.1. The average molecular weight is 524 g/mol. The topological polar surface area (TPSA) is 136 Å². The van der Waals surface area contributed by atoms with Crippen molar-refractivity contribution in [1.29, 1.82) is 5.26 Å². The molecule has 2 heterocycles. The van der Waals surface area contributed by atoms with E-state index in [-0.39, 0.29) is 15.9 Å². The molecule has 2 aromatic heterocycles. The summed E-state index contributed by atoms with van der Waals surface area (Å²) in [7, 11) is -2.02. The zero-order chi connectivity index (χ0) is 25.7. The number of carbonyl (C=O) groups excluding carboxylic acids is 1. The van der Waals surface area contributed by atoms with Crippen LogP contribution in [-0.4, -0.2) is 48.2 Å². The van der Waals surface area contributed by atoms with Crippen molar-refractivity contribution in [1.82, 2.24) is 13.9 Å². The number of nitrogens with one attached hydrogen (secondary N) is 1. The zero-order valence-corrected chi connectivity index (χ0v) is 21.0. The first-order chi connectivity index (χ1) is 17.3. The van der Waals surface area contributed by atoms with Crippen molar-refractivity contribution in [3.63, 3.8) is 0 Å². The third-order valence-electron chi connectivity index (χ3n) is 5.10. The fraction of sp³-hybridized carbons (Fsp3) is 0.167. The number of methoxy groups -OCH3 is 1. The largest absolute Gasteiger partial charge is 0.493 e. The SMILES string of the molecule is COc1ccccc1OCCn1cc(C=C(C#N)C(=O)Nc2nc(S(C)(=O)=O)ns2)c2ccccc21. The summed E-state index contributed by atoms with van der Waals surface area (Å²) in [5.74, 6) is 0.558. The van der Waals surface area contributed by atoms with Crippen LogP contribution in [0, 0.1) is 11.3 Å². The Balaban J connectivity index is 1.55. The molecule has 10 nitrogen and oxygen atoms in total.